The molecule has 0 unspecified atom stereocenters. The Morgan fingerprint density at radius 2 is 2.09 bits per heavy atom. The van der Waals surface area contributed by atoms with Crippen molar-refractivity contribution in [2.24, 2.45) is 0 Å². The Labute approximate surface area is 203 Å². The Kier molecular flexibility index (Phi) is 7.23. The molecule has 0 aliphatic carbocycles. The van der Waals surface area contributed by atoms with Crippen molar-refractivity contribution < 1.29 is 12.8 Å². The highest BCUT2D eigenvalue weighted by Crippen LogP contribution is 2.35. The Bertz CT molecular complexity index is 1190. The average molecular weight is 509 g/mol. The fourth-order valence-corrected chi connectivity index (χ4v) is 6.40. The second-order valence-corrected chi connectivity index (χ2v) is 10.9. The maximum Gasteiger partial charge on any atom is 0.266 e. The van der Waals surface area contributed by atoms with Crippen LogP contribution in [0.3, 0.4) is 0 Å². The first kappa shape index (κ1) is 23.9. The van der Waals surface area contributed by atoms with E-state index < -0.39 is 20.7 Å². The molecule has 0 bridgehead atoms. The molecule has 1 aliphatic heterocycles. The predicted molar refractivity (Wildman–Crippen MR) is 132 cm³/mol. The van der Waals surface area contributed by atoms with Crippen LogP contribution in [0, 0.1) is 5.82 Å². The summed E-state index contributed by atoms with van der Waals surface area (Å²) in [5.41, 5.74) is 3.25. The molecular formula is C23H26ClFN4O2S2. The lowest BCUT2D eigenvalue weighted by Gasteiger charge is -2.31. The number of nitrogens with zero attached hydrogens (tertiary/aromatic N) is 3. The highest BCUT2D eigenvalue weighted by molar-refractivity contribution is 7.92. The number of sulfonamides is 1. The normalized spacial score (nSPS) is 17.8. The molecule has 2 aromatic carbocycles. The van der Waals surface area contributed by atoms with Crippen LogP contribution in [0.15, 0.2) is 58.3 Å². The number of likely N-dealkylation sites (tertiary alicyclic amines) is 1. The average Bonchev–Trinajstić information content (AvgIpc) is 3.48. The number of benzene rings is 2. The molecule has 0 amide bonds. The van der Waals surface area contributed by atoms with Crippen molar-refractivity contribution in [2.45, 2.75) is 36.7 Å². The van der Waals surface area contributed by atoms with Crippen LogP contribution in [0.2, 0.25) is 5.02 Å². The molecule has 1 N–H and O–H groups in total. The van der Waals surface area contributed by atoms with E-state index in [9.17, 15) is 12.8 Å². The van der Waals surface area contributed by atoms with E-state index in [1.165, 1.54) is 39.9 Å². The number of hydrogen-bond acceptors (Lipinski definition) is 6. The number of nitrogens with one attached hydrogen (secondary N) is 1. The van der Waals surface area contributed by atoms with Crippen LogP contribution in [0.1, 0.15) is 31.4 Å². The maximum absolute atomic E-state index is 14.9. The van der Waals surface area contributed by atoms with Gasteiger partial charge in [-0.2, -0.15) is 0 Å². The van der Waals surface area contributed by atoms with E-state index in [1.54, 1.807) is 0 Å². The summed E-state index contributed by atoms with van der Waals surface area (Å²) in [4.78, 5) is 7.78. The standard InChI is InChI=1S/C23H26ClFN4O2S2/c1-3-20(16-7-5-4-6-8-16)29-10-9-17(13-29)28(2)21-12-19(25)22(11-18(21)24)33(30,31)27-23-14-32-15-26-23/h4-8,11-12,14-15,17,20,27H,3,9-10,13H2,1-2H3/t17-,20-/m0/s1. The molecular weight excluding hydrogens is 483 g/mol. The third-order valence-corrected chi connectivity index (χ3v) is 8.36. The molecule has 6 nitrogen and oxygen atoms in total. The van der Waals surface area contributed by atoms with E-state index >= 15 is 0 Å². The summed E-state index contributed by atoms with van der Waals surface area (Å²) >= 11 is 7.69. The van der Waals surface area contributed by atoms with Gasteiger partial charge in [-0.15, -0.1) is 11.3 Å². The highest BCUT2D eigenvalue weighted by Gasteiger charge is 2.32. The number of anilines is 2. The quantitative estimate of drug-likeness (QED) is 0.441. The third kappa shape index (κ3) is 5.16. The Morgan fingerprint density at radius 1 is 1.33 bits per heavy atom. The summed E-state index contributed by atoms with van der Waals surface area (Å²) in [6, 6.07) is 13.3. The van der Waals surface area contributed by atoms with Crippen molar-refractivity contribution in [3.05, 3.63) is 69.8 Å². The lowest BCUT2D eigenvalue weighted by atomic mass is 10.0. The van der Waals surface area contributed by atoms with Gasteiger partial charge in [0.05, 0.1) is 16.2 Å². The van der Waals surface area contributed by atoms with Crippen molar-refractivity contribution in [3.63, 3.8) is 0 Å². The SMILES string of the molecule is CC[C@@H](c1ccccc1)N1CC[C@H](N(C)c2cc(F)c(S(=O)(=O)Nc3cscn3)cc2Cl)C1. The lowest BCUT2D eigenvalue weighted by molar-refractivity contribution is 0.236. The zero-order chi connectivity index (χ0) is 23.6. The van der Waals surface area contributed by atoms with Crippen LogP contribution < -0.4 is 9.62 Å². The van der Waals surface area contributed by atoms with Crippen molar-refractivity contribution in [1.82, 2.24) is 9.88 Å². The molecule has 33 heavy (non-hydrogen) atoms. The number of thiazole rings is 1. The molecule has 0 radical (unpaired) electrons. The van der Waals surface area contributed by atoms with Gasteiger partial charge in [-0.25, -0.2) is 17.8 Å². The molecule has 2 atom stereocenters. The van der Waals surface area contributed by atoms with Crippen LogP contribution in [-0.2, 0) is 10.0 Å². The van der Waals surface area contributed by atoms with Crippen LogP contribution >= 0.6 is 22.9 Å². The minimum absolute atomic E-state index is 0.134. The molecule has 0 spiro atoms. The summed E-state index contributed by atoms with van der Waals surface area (Å²) in [5.74, 6) is -0.707. The zero-order valence-corrected chi connectivity index (χ0v) is 20.8. The second-order valence-electron chi connectivity index (χ2n) is 8.10. The molecule has 1 saturated heterocycles. The number of aromatic nitrogens is 1. The maximum atomic E-state index is 14.9. The molecule has 10 heteroatoms. The van der Waals surface area contributed by atoms with Crippen molar-refractivity contribution >= 4 is 44.5 Å². The largest absolute Gasteiger partial charge is 0.369 e. The first-order valence-corrected chi connectivity index (χ1v) is 13.5. The van der Waals surface area contributed by atoms with Gasteiger partial charge in [0.1, 0.15) is 10.7 Å². The summed E-state index contributed by atoms with van der Waals surface area (Å²) in [7, 11) is -2.27. The van der Waals surface area contributed by atoms with Gasteiger partial charge in [-0.3, -0.25) is 9.62 Å². The van der Waals surface area contributed by atoms with Crippen LogP contribution in [0.5, 0.6) is 0 Å². The zero-order valence-electron chi connectivity index (χ0n) is 18.4. The molecule has 0 saturated carbocycles. The van der Waals surface area contributed by atoms with Crippen molar-refractivity contribution in [3.8, 4) is 0 Å². The van der Waals surface area contributed by atoms with Gasteiger partial charge in [-0.05, 0) is 24.5 Å². The number of hydrogen-bond donors (Lipinski definition) is 1. The Balaban J connectivity index is 1.52. The lowest BCUT2D eigenvalue weighted by Crippen LogP contribution is -2.36. The van der Waals surface area contributed by atoms with Gasteiger partial charge in [0.2, 0.25) is 0 Å². The van der Waals surface area contributed by atoms with Crippen molar-refractivity contribution in [2.75, 3.05) is 29.8 Å². The Morgan fingerprint density at radius 3 is 2.76 bits per heavy atom. The summed E-state index contributed by atoms with van der Waals surface area (Å²) in [6.45, 7) is 3.92. The van der Waals surface area contributed by atoms with E-state index in [2.05, 4.69) is 45.8 Å². The van der Waals surface area contributed by atoms with E-state index in [0.29, 0.717) is 11.7 Å². The van der Waals surface area contributed by atoms with Crippen LogP contribution in [-0.4, -0.2) is 44.5 Å². The van der Waals surface area contributed by atoms with Crippen molar-refractivity contribution in [1.29, 1.82) is 0 Å². The molecule has 2 heterocycles. The van der Waals surface area contributed by atoms with Gasteiger partial charge in [-0.1, -0.05) is 48.9 Å². The predicted octanol–water partition coefficient (Wildman–Crippen LogP) is 5.40. The van der Waals surface area contributed by atoms with Gasteiger partial charge >= 0.3 is 0 Å². The van der Waals surface area contributed by atoms with Gasteiger partial charge in [0.15, 0.2) is 5.82 Å². The molecule has 1 aliphatic rings. The van der Waals surface area contributed by atoms with Gasteiger partial charge < -0.3 is 4.90 Å². The molecule has 1 fully saturated rings. The van der Waals surface area contributed by atoms with Gasteiger partial charge in [0, 0.05) is 43.7 Å². The fraction of sp³-hybridized carbons (Fsp3) is 0.348. The van der Waals surface area contributed by atoms with E-state index in [1.807, 2.05) is 18.0 Å². The number of rotatable bonds is 8. The van der Waals surface area contributed by atoms with Gasteiger partial charge in [0.25, 0.3) is 10.0 Å². The molecule has 4 rings (SSSR count). The van der Waals surface area contributed by atoms with E-state index in [-0.39, 0.29) is 16.9 Å². The summed E-state index contributed by atoms with van der Waals surface area (Å²) < 4.78 is 42.5. The molecule has 176 valence electrons. The summed E-state index contributed by atoms with van der Waals surface area (Å²) in [5, 5.41) is 1.72. The Hall–Kier alpha value is -2.20. The van der Waals surface area contributed by atoms with Crippen LogP contribution in [0.4, 0.5) is 15.9 Å². The third-order valence-electron chi connectivity index (χ3n) is 6.10. The topological polar surface area (TPSA) is 65.5 Å². The smallest absolute Gasteiger partial charge is 0.266 e. The molecule has 3 aromatic rings. The second kappa shape index (κ2) is 9.97. The first-order valence-electron chi connectivity index (χ1n) is 10.7. The minimum atomic E-state index is -4.14. The summed E-state index contributed by atoms with van der Waals surface area (Å²) in [6.07, 6.45) is 1.90. The van der Waals surface area contributed by atoms with E-state index in [4.69, 9.17) is 11.6 Å². The minimum Gasteiger partial charge on any atom is -0.369 e. The first-order chi connectivity index (χ1) is 15.8. The van der Waals surface area contributed by atoms with E-state index in [0.717, 1.165) is 25.9 Å². The van der Waals surface area contributed by atoms with Crippen LogP contribution in [0.25, 0.3) is 0 Å². The monoisotopic (exact) mass is 508 g/mol. The fourth-order valence-electron chi connectivity index (χ4n) is 4.39. The number of likely N-dealkylation sites (N-methyl/N-ethyl adjacent to an activating group) is 1. The molecule has 1 aromatic heterocycles. The number of halogens is 2. The highest BCUT2D eigenvalue weighted by atomic mass is 35.5.